The van der Waals surface area contributed by atoms with E-state index in [9.17, 15) is 10.5 Å². The van der Waals surface area contributed by atoms with Gasteiger partial charge >= 0.3 is 0 Å². The molecule has 5 aromatic rings. The number of nitrogens with one attached hydrogen (secondary N) is 1. The number of nitriles is 2. The van der Waals surface area contributed by atoms with Gasteiger partial charge in [0, 0.05) is 29.2 Å². The van der Waals surface area contributed by atoms with Crippen LogP contribution in [0.5, 0.6) is 0 Å². The van der Waals surface area contributed by atoms with E-state index in [-0.39, 0.29) is 0 Å². The van der Waals surface area contributed by atoms with Crippen molar-refractivity contribution in [3.05, 3.63) is 101 Å². The molecule has 0 aliphatic rings. The van der Waals surface area contributed by atoms with Gasteiger partial charge in [0.2, 0.25) is 0 Å². The molecule has 0 aliphatic heterocycles. The van der Waals surface area contributed by atoms with Crippen LogP contribution >= 0.6 is 0 Å². The van der Waals surface area contributed by atoms with Crippen LogP contribution in [0, 0.1) is 29.6 Å². The minimum atomic E-state index is 0.471. The fourth-order valence-electron chi connectivity index (χ4n) is 4.03. The Hall–Kier alpha value is -4.61. The van der Waals surface area contributed by atoms with E-state index in [1.807, 2.05) is 79.9 Å². The van der Waals surface area contributed by atoms with Gasteiger partial charge in [-0.05, 0) is 48.4 Å². The smallest absolute Gasteiger partial charge is 0.149 e. The Morgan fingerprint density at radius 1 is 1.06 bits per heavy atom. The van der Waals surface area contributed by atoms with Crippen LogP contribution in [-0.2, 0) is 6.54 Å². The summed E-state index contributed by atoms with van der Waals surface area (Å²) in [6.45, 7) is 2.60. The third-order valence-electron chi connectivity index (χ3n) is 5.61. The SMILES string of the molecule is Cc1ccc2nc(C(C#N)=Cc3cn(Cc4ccccc4C#N)c4ccccc34)[nH]c2c1. The Bertz CT molecular complexity index is 1580. The molecule has 0 spiro atoms. The second kappa shape index (κ2) is 7.91. The summed E-state index contributed by atoms with van der Waals surface area (Å²) in [5.74, 6) is 0.555. The normalized spacial score (nSPS) is 11.5. The Labute approximate surface area is 185 Å². The van der Waals surface area contributed by atoms with E-state index >= 15 is 0 Å². The van der Waals surface area contributed by atoms with Gasteiger partial charge in [0.05, 0.1) is 28.2 Å². The van der Waals surface area contributed by atoms with Crippen LogP contribution in [0.25, 0.3) is 33.6 Å². The average Bonchev–Trinajstić information content (AvgIpc) is 3.39. The van der Waals surface area contributed by atoms with E-state index in [1.54, 1.807) is 0 Å². The third-order valence-corrected chi connectivity index (χ3v) is 5.61. The third kappa shape index (κ3) is 3.43. The number of aromatic amines is 1. The molecule has 0 aliphatic carbocycles. The monoisotopic (exact) mass is 413 g/mol. The molecule has 1 N–H and O–H groups in total. The summed E-state index contributed by atoms with van der Waals surface area (Å²) >= 11 is 0. The zero-order valence-electron chi connectivity index (χ0n) is 17.5. The minimum Gasteiger partial charge on any atom is -0.342 e. The molecular formula is C27H19N5. The van der Waals surface area contributed by atoms with Crippen molar-refractivity contribution >= 4 is 33.6 Å². The number of aryl methyl sites for hydroxylation is 1. The highest BCUT2D eigenvalue weighted by Gasteiger charge is 2.13. The summed E-state index contributed by atoms with van der Waals surface area (Å²) in [7, 11) is 0. The summed E-state index contributed by atoms with van der Waals surface area (Å²) in [6.07, 6.45) is 3.91. The summed E-state index contributed by atoms with van der Waals surface area (Å²) in [5, 5.41) is 20.4. The minimum absolute atomic E-state index is 0.471. The van der Waals surface area contributed by atoms with Gasteiger partial charge < -0.3 is 9.55 Å². The van der Waals surface area contributed by atoms with Crippen LogP contribution in [0.4, 0.5) is 0 Å². The lowest BCUT2D eigenvalue weighted by molar-refractivity contribution is 0.833. The first-order chi connectivity index (χ1) is 15.7. The number of allylic oxidation sites excluding steroid dienone is 1. The Morgan fingerprint density at radius 2 is 1.88 bits per heavy atom. The summed E-state index contributed by atoms with van der Waals surface area (Å²) in [4.78, 5) is 7.88. The first-order valence-electron chi connectivity index (χ1n) is 10.3. The van der Waals surface area contributed by atoms with Crippen LogP contribution in [-0.4, -0.2) is 14.5 Å². The maximum atomic E-state index is 9.88. The standard InChI is InChI=1S/C27H19N5/c1-18-10-11-24-25(12-18)31-27(30-24)21(15-29)13-22-17-32(26-9-5-4-8-23(22)26)16-20-7-3-2-6-19(20)14-28/h2-13,17H,16H2,1H3,(H,30,31). The number of hydrogen-bond acceptors (Lipinski definition) is 3. The first-order valence-corrected chi connectivity index (χ1v) is 10.3. The molecule has 3 aromatic carbocycles. The van der Waals surface area contributed by atoms with Gasteiger partial charge in [-0.1, -0.05) is 42.5 Å². The maximum Gasteiger partial charge on any atom is 0.149 e. The highest BCUT2D eigenvalue weighted by molar-refractivity contribution is 5.98. The fraction of sp³-hybridized carbons (Fsp3) is 0.0741. The van der Waals surface area contributed by atoms with Gasteiger partial charge in [-0.15, -0.1) is 0 Å². The van der Waals surface area contributed by atoms with Crippen molar-refractivity contribution in [1.82, 2.24) is 14.5 Å². The summed E-state index contributed by atoms with van der Waals surface area (Å²) < 4.78 is 2.12. The van der Waals surface area contributed by atoms with Crippen molar-refractivity contribution in [1.29, 1.82) is 10.5 Å². The molecule has 0 unspecified atom stereocenters. The molecule has 0 amide bonds. The van der Waals surface area contributed by atoms with Crippen LogP contribution in [0.3, 0.4) is 0 Å². The molecule has 0 bridgehead atoms. The highest BCUT2D eigenvalue weighted by Crippen LogP contribution is 2.27. The van der Waals surface area contributed by atoms with E-state index in [0.717, 1.165) is 38.6 Å². The van der Waals surface area contributed by atoms with Gasteiger partial charge in [-0.3, -0.25) is 0 Å². The molecule has 152 valence electrons. The lowest BCUT2D eigenvalue weighted by atomic mass is 10.1. The van der Waals surface area contributed by atoms with Gasteiger partial charge in [0.25, 0.3) is 0 Å². The van der Waals surface area contributed by atoms with Crippen molar-refractivity contribution in [3.63, 3.8) is 0 Å². The molecule has 0 atom stereocenters. The second-order valence-electron chi connectivity index (χ2n) is 7.77. The van der Waals surface area contributed by atoms with Crippen molar-refractivity contribution in [2.75, 3.05) is 0 Å². The van der Waals surface area contributed by atoms with Gasteiger partial charge in [0.1, 0.15) is 11.9 Å². The van der Waals surface area contributed by atoms with Gasteiger partial charge in [-0.2, -0.15) is 10.5 Å². The zero-order valence-corrected chi connectivity index (χ0v) is 17.5. The van der Waals surface area contributed by atoms with Crippen LogP contribution < -0.4 is 0 Å². The molecule has 32 heavy (non-hydrogen) atoms. The number of aromatic nitrogens is 3. The first kappa shape index (κ1) is 19.4. The number of imidazole rings is 1. The molecule has 5 rings (SSSR count). The van der Waals surface area contributed by atoms with Crippen LogP contribution in [0.1, 0.15) is 28.1 Å². The number of fused-ring (bicyclic) bond motifs is 2. The molecule has 2 heterocycles. The molecule has 0 fully saturated rings. The molecule has 0 saturated heterocycles. The lowest BCUT2D eigenvalue weighted by Gasteiger charge is -2.07. The van der Waals surface area contributed by atoms with Crippen LogP contribution in [0.2, 0.25) is 0 Å². The maximum absolute atomic E-state index is 9.88. The molecule has 2 aromatic heterocycles. The Kier molecular flexibility index (Phi) is 4.78. The second-order valence-corrected chi connectivity index (χ2v) is 7.77. The molecule has 5 nitrogen and oxygen atoms in total. The number of hydrogen-bond donors (Lipinski definition) is 1. The summed E-state index contributed by atoms with van der Waals surface area (Å²) in [6, 6.07) is 26.3. The lowest BCUT2D eigenvalue weighted by Crippen LogP contribution is -2.00. The number of rotatable bonds is 4. The van der Waals surface area contributed by atoms with E-state index in [4.69, 9.17) is 0 Å². The van der Waals surface area contributed by atoms with Gasteiger partial charge in [-0.25, -0.2) is 4.98 Å². The van der Waals surface area contributed by atoms with Crippen molar-refractivity contribution < 1.29 is 0 Å². The zero-order chi connectivity index (χ0) is 22.1. The number of nitrogens with zero attached hydrogens (tertiary/aromatic N) is 4. The predicted octanol–water partition coefficient (Wildman–Crippen LogP) is 5.81. The Balaban J connectivity index is 1.61. The fourth-order valence-corrected chi connectivity index (χ4v) is 4.03. The van der Waals surface area contributed by atoms with Crippen molar-refractivity contribution in [2.24, 2.45) is 0 Å². The van der Waals surface area contributed by atoms with E-state index in [2.05, 4.69) is 32.7 Å². The molecule has 0 radical (unpaired) electrons. The molecular weight excluding hydrogens is 394 g/mol. The average molecular weight is 413 g/mol. The topological polar surface area (TPSA) is 81.2 Å². The summed E-state index contributed by atoms with van der Waals surface area (Å²) in [5.41, 5.74) is 6.96. The number of benzene rings is 3. The highest BCUT2D eigenvalue weighted by atomic mass is 15.0. The largest absolute Gasteiger partial charge is 0.342 e. The van der Waals surface area contributed by atoms with E-state index < -0.39 is 0 Å². The van der Waals surface area contributed by atoms with Crippen molar-refractivity contribution in [2.45, 2.75) is 13.5 Å². The molecule has 5 heteroatoms. The van der Waals surface area contributed by atoms with Crippen LogP contribution in [0.15, 0.2) is 72.9 Å². The number of para-hydroxylation sites is 1. The number of H-pyrrole nitrogens is 1. The predicted molar refractivity (Wildman–Crippen MR) is 127 cm³/mol. The van der Waals surface area contributed by atoms with Gasteiger partial charge in [0.15, 0.2) is 0 Å². The van der Waals surface area contributed by atoms with Crippen molar-refractivity contribution in [3.8, 4) is 12.1 Å². The molecule has 0 saturated carbocycles. The Morgan fingerprint density at radius 3 is 2.72 bits per heavy atom. The van der Waals surface area contributed by atoms with E-state index in [1.165, 1.54) is 0 Å². The quantitative estimate of drug-likeness (QED) is 0.378. The van der Waals surface area contributed by atoms with E-state index in [0.29, 0.717) is 23.5 Å².